The normalized spacial score (nSPS) is 14.1. The lowest BCUT2D eigenvalue weighted by Crippen LogP contribution is -2.11. The molecule has 0 radical (unpaired) electrons. The van der Waals surface area contributed by atoms with Crippen molar-refractivity contribution in [1.82, 2.24) is 0 Å². The number of benzene rings is 1. The third-order valence-corrected chi connectivity index (χ3v) is 2.45. The predicted molar refractivity (Wildman–Crippen MR) is 47.7 cm³/mol. The van der Waals surface area contributed by atoms with Crippen LogP contribution in [0, 0.1) is 6.92 Å². The lowest BCUT2D eigenvalue weighted by molar-refractivity contribution is 0.238. The Morgan fingerprint density at radius 1 is 1.38 bits per heavy atom. The van der Waals surface area contributed by atoms with Crippen molar-refractivity contribution in [1.29, 1.82) is 0 Å². The molecule has 1 aromatic carbocycles. The molecular formula is C8H10O4S. The first-order valence-corrected chi connectivity index (χ1v) is 5.12. The van der Waals surface area contributed by atoms with Gasteiger partial charge in [-0.3, -0.25) is 4.55 Å². The van der Waals surface area contributed by atoms with E-state index in [1.807, 2.05) is 0 Å². The summed E-state index contributed by atoms with van der Waals surface area (Å²) in [4.78, 5) is 0. The van der Waals surface area contributed by atoms with E-state index < -0.39 is 15.6 Å². The summed E-state index contributed by atoms with van der Waals surface area (Å²) in [6, 6.07) is 6.31. The van der Waals surface area contributed by atoms with Crippen molar-refractivity contribution in [2.24, 2.45) is 0 Å². The summed E-state index contributed by atoms with van der Waals surface area (Å²) in [5, 5.41) is 9.14. The van der Waals surface area contributed by atoms with Gasteiger partial charge >= 0.3 is 0 Å². The minimum Gasteiger partial charge on any atom is -0.371 e. The van der Waals surface area contributed by atoms with Crippen LogP contribution in [0.1, 0.15) is 16.6 Å². The van der Waals surface area contributed by atoms with E-state index in [1.165, 1.54) is 12.1 Å². The quantitative estimate of drug-likeness (QED) is 0.698. The fourth-order valence-electron chi connectivity index (χ4n) is 0.996. The summed E-state index contributed by atoms with van der Waals surface area (Å²) < 4.78 is 29.6. The Balaban J connectivity index is 3.10. The van der Waals surface area contributed by atoms with Gasteiger partial charge in [-0.05, 0) is 12.5 Å². The molecule has 72 valence electrons. The molecule has 0 spiro atoms. The molecule has 0 aliphatic carbocycles. The summed E-state index contributed by atoms with van der Waals surface area (Å²) in [5.41, 5.74) is -0.866. The Kier molecular flexibility index (Phi) is 2.70. The Morgan fingerprint density at radius 3 is 2.46 bits per heavy atom. The van der Waals surface area contributed by atoms with E-state index in [1.54, 1.807) is 19.1 Å². The molecule has 0 heterocycles. The summed E-state index contributed by atoms with van der Waals surface area (Å²) >= 11 is 0. The second kappa shape index (κ2) is 3.45. The van der Waals surface area contributed by atoms with Crippen LogP contribution in [0.4, 0.5) is 0 Å². The fraction of sp³-hybridized carbons (Fsp3) is 0.250. The molecule has 13 heavy (non-hydrogen) atoms. The van der Waals surface area contributed by atoms with Gasteiger partial charge in [0.15, 0.2) is 0 Å². The molecule has 0 aromatic heterocycles. The molecule has 1 aromatic rings. The van der Waals surface area contributed by atoms with E-state index in [0.717, 1.165) is 5.56 Å². The van der Waals surface area contributed by atoms with Crippen molar-refractivity contribution < 1.29 is 18.1 Å². The number of hydrogen-bond acceptors (Lipinski definition) is 3. The number of hydrogen-bond donors (Lipinski definition) is 2. The Bertz CT molecular complexity index is 396. The lowest BCUT2D eigenvalue weighted by Gasteiger charge is -2.07. The van der Waals surface area contributed by atoms with Crippen LogP contribution in [0.2, 0.25) is 0 Å². The zero-order chi connectivity index (χ0) is 10.1. The summed E-state index contributed by atoms with van der Waals surface area (Å²) in [5.74, 6) is 0. The molecule has 0 aliphatic rings. The van der Waals surface area contributed by atoms with Crippen LogP contribution in [0.25, 0.3) is 0 Å². The highest BCUT2D eigenvalue weighted by molar-refractivity contribution is 7.85. The summed E-state index contributed by atoms with van der Waals surface area (Å²) in [6.07, 6.45) is 0. The van der Waals surface area contributed by atoms with Gasteiger partial charge in [-0.1, -0.05) is 29.8 Å². The topological polar surface area (TPSA) is 74.6 Å². The van der Waals surface area contributed by atoms with E-state index in [-0.39, 0.29) is 5.56 Å². The molecule has 0 saturated heterocycles. The third kappa shape index (κ3) is 2.51. The van der Waals surface area contributed by atoms with Gasteiger partial charge in [0.25, 0.3) is 10.1 Å². The van der Waals surface area contributed by atoms with E-state index in [4.69, 9.17) is 9.66 Å². The molecule has 0 bridgehead atoms. The maximum atomic E-state index is 10.5. The molecule has 1 rings (SSSR count). The van der Waals surface area contributed by atoms with Crippen LogP contribution >= 0.6 is 0 Å². The molecule has 0 fully saturated rings. The Hall–Kier alpha value is -0.910. The van der Waals surface area contributed by atoms with Crippen LogP contribution < -0.4 is 0 Å². The van der Waals surface area contributed by atoms with E-state index >= 15 is 0 Å². The summed E-state index contributed by atoms with van der Waals surface area (Å²) in [7, 11) is -4.42. The number of aliphatic hydroxyl groups excluding tert-OH is 1. The molecule has 4 nitrogen and oxygen atoms in total. The van der Waals surface area contributed by atoms with Crippen LogP contribution in [0.5, 0.6) is 0 Å². The summed E-state index contributed by atoms with van der Waals surface area (Å²) in [6.45, 7) is 1.76. The zero-order valence-electron chi connectivity index (χ0n) is 7.01. The molecule has 2 N–H and O–H groups in total. The van der Waals surface area contributed by atoms with Gasteiger partial charge in [-0.2, -0.15) is 8.42 Å². The number of aryl methyl sites for hydroxylation is 1. The van der Waals surface area contributed by atoms with Crippen molar-refractivity contribution in [3.8, 4) is 0 Å². The monoisotopic (exact) mass is 202 g/mol. The largest absolute Gasteiger partial charge is 0.371 e. The molecule has 1 atom stereocenters. The van der Waals surface area contributed by atoms with Crippen LogP contribution in [-0.4, -0.2) is 18.1 Å². The van der Waals surface area contributed by atoms with Crippen molar-refractivity contribution in [3.05, 3.63) is 35.4 Å². The first-order chi connectivity index (χ1) is 5.91. The maximum absolute atomic E-state index is 10.5. The Morgan fingerprint density at radius 2 is 2.00 bits per heavy atom. The first-order valence-electron chi connectivity index (χ1n) is 3.62. The molecule has 5 heteroatoms. The van der Waals surface area contributed by atoms with Gasteiger partial charge in [-0.15, -0.1) is 0 Å². The highest BCUT2D eigenvalue weighted by Gasteiger charge is 2.21. The molecule has 0 amide bonds. The number of aliphatic hydroxyl groups is 1. The van der Waals surface area contributed by atoms with Crippen molar-refractivity contribution in [2.45, 2.75) is 12.4 Å². The second-order valence-corrected chi connectivity index (χ2v) is 4.26. The highest BCUT2D eigenvalue weighted by Crippen LogP contribution is 2.18. The average molecular weight is 202 g/mol. The minimum atomic E-state index is -4.42. The van der Waals surface area contributed by atoms with Crippen molar-refractivity contribution >= 4 is 10.1 Å². The van der Waals surface area contributed by atoms with Gasteiger partial charge in [0, 0.05) is 0 Å². The zero-order valence-corrected chi connectivity index (χ0v) is 7.82. The average Bonchev–Trinajstić information content (AvgIpc) is 2.01. The van der Waals surface area contributed by atoms with Gasteiger partial charge in [0.1, 0.15) is 0 Å². The second-order valence-electron chi connectivity index (χ2n) is 2.78. The van der Waals surface area contributed by atoms with Gasteiger partial charge in [0.05, 0.1) is 0 Å². The van der Waals surface area contributed by atoms with Gasteiger partial charge < -0.3 is 5.11 Å². The molecule has 0 saturated carbocycles. The van der Waals surface area contributed by atoms with Crippen LogP contribution in [-0.2, 0) is 10.1 Å². The Labute approximate surface area is 76.6 Å². The van der Waals surface area contributed by atoms with Crippen LogP contribution in [0.15, 0.2) is 24.3 Å². The van der Waals surface area contributed by atoms with Gasteiger partial charge in [0.2, 0.25) is 5.44 Å². The molecule has 1 unspecified atom stereocenters. The molecule has 0 aliphatic heterocycles. The SMILES string of the molecule is Cc1cccc(C(O)S(=O)(=O)O)c1. The van der Waals surface area contributed by atoms with E-state index in [9.17, 15) is 8.42 Å². The van der Waals surface area contributed by atoms with E-state index in [2.05, 4.69) is 0 Å². The minimum absolute atomic E-state index is 0.169. The predicted octanol–water partition coefficient (Wildman–Crippen LogP) is 0.874. The van der Waals surface area contributed by atoms with Crippen molar-refractivity contribution in [3.63, 3.8) is 0 Å². The molecular weight excluding hydrogens is 192 g/mol. The maximum Gasteiger partial charge on any atom is 0.296 e. The standard InChI is InChI=1S/C8H10O4S/c1-6-3-2-4-7(5-6)8(9)13(10,11)12/h2-5,8-9H,1H3,(H,10,11,12). The first kappa shape index (κ1) is 10.2. The fourth-order valence-corrected chi connectivity index (χ4v) is 1.49. The van der Waals surface area contributed by atoms with Gasteiger partial charge in [-0.25, -0.2) is 0 Å². The van der Waals surface area contributed by atoms with Crippen molar-refractivity contribution in [2.75, 3.05) is 0 Å². The van der Waals surface area contributed by atoms with Crippen LogP contribution in [0.3, 0.4) is 0 Å². The number of rotatable bonds is 2. The lowest BCUT2D eigenvalue weighted by atomic mass is 10.1. The smallest absolute Gasteiger partial charge is 0.296 e. The highest BCUT2D eigenvalue weighted by atomic mass is 32.2. The van der Waals surface area contributed by atoms with E-state index in [0.29, 0.717) is 0 Å². The third-order valence-electron chi connectivity index (χ3n) is 1.61.